The lowest BCUT2D eigenvalue weighted by molar-refractivity contribution is 0.103. The Kier molecular flexibility index (Phi) is 3.63. The fraction of sp³-hybridized carbons (Fsp3) is 0.133. The molecule has 2 aromatic carbocycles. The lowest BCUT2D eigenvalue weighted by atomic mass is 10.0. The van der Waals surface area contributed by atoms with Crippen LogP contribution in [0, 0.1) is 0 Å². The Hall–Kier alpha value is -2.29. The molecule has 0 saturated carbocycles. The van der Waals surface area contributed by atoms with Gasteiger partial charge >= 0.3 is 0 Å². The average Bonchev–Trinajstić information content (AvgIpc) is 2.46. The van der Waals surface area contributed by atoms with Crippen LogP contribution >= 0.6 is 0 Å². The third-order valence-corrected chi connectivity index (χ3v) is 2.86. The van der Waals surface area contributed by atoms with E-state index in [-0.39, 0.29) is 5.78 Å². The summed E-state index contributed by atoms with van der Waals surface area (Å²) in [5.41, 5.74) is 3.13. The predicted octanol–water partition coefficient (Wildman–Crippen LogP) is 3.00. The summed E-state index contributed by atoms with van der Waals surface area (Å²) < 4.78 is 0. The molecule has 0 radical (unpaired) electrons. The van der Waals surface area contributed by atoms with Gasteiger partial charge in [0.15, 0.2) is 5.78 Å². The maximum atomic E-state index is 12.4. The molecule has 0 heterocycles. The van der Waals surface area contributed by atoms with Gasteiger partial charge in [-0.25, -0.2) is 0 Å². The molecule has 0 spiro atoms. The third-order valence-electron chi connectivity index (χ3n) is 2.86. The normalized spacial score (nSPS) is 9.89. The van der Waals surface area contributed by atoms with Crippen molar-refractivity contribution >= 4 is 17.2 Å². The molecule has 0 amide bonds. The highest BCUT2D eigenvalue weighted by molar-refractivity contribution is 6.12. The number of hydrogen-bond acceptors (Lipinski definition) is 3. The van der Waals surface area contributed by atoms with E-state index in [9.17, 15) is 4.79 Å². The van der Waals surface area contributed by atoms with Crippen molar-refractivity contribution in [1.82, 2.24) is 0 Å². The standard InChI is InChI=1S/C15H16N2O/c1-16-12-8-9-14(17-2)13(10-12)15(18)11-6-4-3-5-7-11/h3-10,16-17H,1-2H3. The molecular weight excluding hydrogens is 224 g/mol. The molecule has 0 aliphatic carbocycles. The first-order chi connectivity index (χ1) is 8.76. The lowest BCUT2D eigenvalue weighted by Crippen LogP contribution is -2.06. The second kappa shape index (κ2) is 5.36. The van der Waals surface area contributed by atoms with Gasteiger partial charge in [0.05, 0.1) is 0 Å². The minimum absolute atomic E-state index is 0.0250. The Balaban J connectivity index is 2.46. The largest absolute Gasteiger partial charge is 0.388 e. The van der Waals surface area contributed by atoms with Gasteiger partial charge in [0.1, 0.15) is 0 Å². The molecule has 92 valence electrons. The quantitative estimate of drug-likeness (QED) is 0.807. The zero-order chi connectivity index (χ0) is 13.0. The van der Waals surface area contributed by atoms with E-state index in [1.54, 1.807) is 0 Å². The van der Waals surface area contributed by atoms with Crippen LogP contribution in [0.15, 0.2) is 48.5 Å². The number of hydrogen-bond donors (Lipinski definition) is 2. The molecule has 0 saturated heterocycles. The van der Waals surface area contributed by atoms with E-state index in [0.717, 1.165) is 11.4 Å². The third kappa shape index (κ3) is 2.35. The molecular formula is C15H16N2O. The van der Waals surface area contributed by atoms with Crippen LogP contribution in [0.5, 0.6) is 0 Å². The Morgan fingerprint density at radius 2 is 1.67 bits per heavy atom. The number of ketones is 1. The van der Waals surface area contributed by atoms with E-state index >= 15 is 0 Å². The summed E-state index contributed by atoms with van der Waals surface area (Å²) in [4.78, 5) is 12.4. The molecule has 0 unspecified atom stereocenters. The van der Waals surface area contributed by atoms with Gasteiger partial charge in [0.25, 0.3) is 0 Å². The van der Waals surface area contributed by atoms with Crippen molar-refractivity contribution in [2.75, 3.05) is 24.7 Å². The van der Waals surface area contributed by atoms with Crippen molar-refractivity contribution in [3.8, 4) is 0 Å². The van der Waals surface area contributed by atoms with Gasteiger partial charge < -0.3 is 10.6 Å². The number of carbonyl (C=O) groups excluding carboxylic acids is 1. The van der Waals surface area contributed by atoms with Crippen LogP contribution in [0.2, 0.25) is 0 Å². The highest BCUT2D eigenvalue weighted by atomic mass is 16.1. The number of anilines is 2. The molecule has 3 heteroatoms. The zero-order valence-electron chi connectivity index (χ0n) is 10.5. The van der Waals surface area contributed by atoms with Crippen molar-refractivity contribution in [3.05, 3.63) is 59.7 Å². The summed E-state index contributed by atoms with van der Waals surface area (Å²) in [5, 5.41) is 6.09. The van der Waals surface area contributed by atoms with Crippen molar-refractivity contribution in [2.45, 2.75) is 0 Å². The van der Waals surface area contributed by atoms with E-state index in [2.05, 4.69) is 10.6 Å². The fourth-order valence-electron chi connectivity index (χ4n) is 1.85. The SMILES string of the molecule is CNc1ccc(NC)c(C(=O)c2ccccc2)c1. The average molecular weight is 240 g/mol. The Morgan fingerprint density at radius 1 is 0.944 bits per heavy atom. The molecule has 18 heavy (non-hydrogen) atoms. The fourth-order valence-corrected chi connectivity index (χ4v) is 1.85. The van der Waals surface area contributed by atoms with Crippen molar-refractivity contribution in [2.24, 2.45) is 0 Å². The summed E-state index contributed by atoms with van der Waals surface area (Å²) in [7, 11) is 3.65. The lowest BCUT2D eigenvalue weighted by Gasteiger charge is -2.10. The first-order valence-electron chi connectivity index (χ1n) is 5.85. The van der Waals surface area contributed by atoms with Gasteiger partial charge in [-0.1, -0.05) is 30.3 Å². The summed E-state index contributed by atoms with van der Waals surface area (Å²) in [6.07, 6.45) is 0. The Morgan fingerprint density at radius 3 is 2.28 bits per heavy atom. The van der Waals surface area contributed by atoms with Crippen LogP contribution in [0.3, 0.4) is 0 Å². The van der Waals surface area contributed by atoms with E-state index in [0.29, 0.717) is 11.1 Å². The van der Waals surface area contributed by atoms with Crippen LogP contribution in [-0.4, -0.2) is 19.9 Å². The van der Waals surface area contributed by atoms with E-state index in [1.165, 1.54) is 0 Å². The van der Waals surface area contributed by atoms with Crippen LogP contribution in [0.4, 0.5) is 11.4 Å². The van der Waals surface area contributed by atoms with Crippen molar-refractivity contribution in [3.63, 3.8) is 0 Å². The molecule has 0 fully saturated rings. The first-order valence-corrected chi connectivity index (χ1v) is 5.85. The summed E-state index contributed by atoms with van der Waals surface area (Å²) >= 11 is 0. The maximum absolute atomic E-state index is 12.4. The number of carbonyl (C=O) groups is 1. The second-order valence-electron chi connectivity index (χ2n) is 3.96. The molecule has 0 aromatic heterocycles. The molecule has 2 N–H and O–H groups in total. The first kappa shape index (κ1) is 12.2. The van der Waals surface area contributed by atoms with Gasteiger partial charge in [-0.15, -0.1) is 0 Å². The smallest absolute Gasteiger partial charge is 0.195 e. The van der Waals surface area contributed by atoms with Gasteiger partial charge in [-0.2, -0.15) is 0 Å². The minimum Gasteiger partial charge on any atom is -0.388 e. The topological polar surface area (TPSA) is 41.1 Å². The van der Waals surface area contributed by atoms with Crippen molar-refractivity contribution < 1.29 is 4.79 Å². The van der Waals surface area contributed by atoms with E-state index < -0.39 is 0 Å². The highest BCUT2D eigenvalue weighted by Crippen LogP contribution is 2.23. The van der Waals surface area contributed by atoms with Gasteiger partial charge in [-0.3, -0.25) is 4.79 Å². The molecule has 2 rings (SSSR count). The number of benzene rings is 2. The second-order valence-corrected chi connectivity index (χ2v) is 3.96. The Labute approximate surface area is 107 Å². The number of nitrogens with one attached hydrogen (secondary N) is 2. The molecule has 0 bridgehead atoms. The molecule has 0 aliphatic rings. The van der Waals surface area contributed by atoms with E-state index in [4.69, 9.17) is 0 Å². The summed E-state index contributed by atoms with van der Waals surface area (Å²) in [5.74, 6) is 0.0250. The van der Waals surface area contributed by atoms with Gasteiger partial charge in [-0.05, 0) is 18.2 Å². The Bertz CT molecular complexity index is 550. The van der Waals surface area contributed by atoms with E-state index in [1.807, 2.05) is 62.6 Å². The summed E-state index contributed by atoms with van der Waals surface area (Å²) in [6, 6.07) is 15.0. The van der Waals surface area contributed by atoms with Crippen LogP contribution in [0.25, 0.3) is 0 Å². The minimum atomic E-state index is 0.0250. The molecule has 3 nitrogen and oxygen atoms in total. The van der Waals surface area contributed by atoms with Gasteiger partial charge in [0.2, 0.25) is 0 Å². The van der Waals surface area contributed by atoms with Crippen molar-refractivity contribution in [1.29, 1.82) is 0 Å². The molecule has 2 aromatic rings. The highest BCUT2D eigenvalue weighted by Gasteiger charge is 2.13. The monoisotopic (exact) mass is 240 g/mol. The van der Waals surface area contributed by atoms with Crippen LogP contribution in [-0.2, 0) is 0 Å². The zero-order valence-corrected chi connectivity index (χ0v) is 10.5. The van der Waals surface area contributed by atoms with Gasteiger partial charge in [0, 0.05) is 36.6 Å². The molecule has 0 aliphatic heterocycles. The maximum Gasteiger partial charge on any atom is 0.195 e. The predicted molar refractivity (Wildman–Crippen MR) is 75.4 cm³/mol. The summed E-state index contributed by atoms with van der Waals surface area (Å²) in [6.45, 7) is 0. The molecule has 0 atom stereocenters. The number of rotatable bonds is 4. The van der Waals surface area contributed by atoms with Crippen LogP contribution < -0.4 is 10.6 Å². The van der Waals surface area contributed by atoms with Crippen LogP contribution in [0.1, 0.15) is 15.9 Å².